The molecule has 136 valence electrons. The first-order chi connectivity index (χ1) is 11.9. The van der Waals surface area contributed by atoms with Gasteiger partial charge < -0.3 is 9.84 Å². The summed E-state index contributed by atoms with van der Waals surface area (Å²) in [5.74, 6) is 0.408. The van der Waals surface area contributed by atoms with Crippen molar-refractivity contribution in [1.29, 1.82) is 5.26 Å². The van der Waals surface area contributed by atoms with Gasteiger partial charge >= 0.3 is 5.97 Å². The van der Waals surface area contributed by atoms with E-state index in [9.17, 15) is 9.90 Å². The standard InChI is InChI=1S/C18H21Cl2NO3S/c1-24-17(22)11-18(23,12-21)13-25-9-5-3-2-4-6-14-7-8-15(19)10-16(14)20/h4,6-8,10,23H,2-3,5,9,11,13H2,1H3/b6-4-. The third kappa shape index (κ3) is 8.64. The lowest BCUT2D eigenvalue weighted by molar-refractivity contribution is -0.143. The van der Waals surface area contributed by atoms with Crippen LogP contribution in [-0.4, -0.2) is 35.3 Å². The second kappa shape index (κ2) is 11.4. The minimum Gasteiger partial charge on any atom is -0.469 e. The molecule has 0 bridgehead atoms. The molecular formula is C18H21Cl2NO3S. The number of unbranched alkanes of at least 4 members (excludes halogenated alkanes) is 2. The zero-order valence-electron chi connectivity index (χ0n) is 14.0. The maximum Gasteiger partial charge on any atom is 0.309 e. The van der Waals surface area contributed by atoms with Crippen LogP contribution in [0.25, 0.3) is 6.08 Å². The zero-order chi connectivity index (χ0) is 18.7. The van der Waals surface area contributed by atoms with Crippen molar-refractivity contribution < 1.29 is 14.6 Å². The Hall–Kier alpha value is -1.19. The summed E-state index contributed by atoms with van der Waals surface area (Å²) in [6.07, 6.45) is 6.56. The number of rotatable bonds is 10. The Morgan fingerprint density at radius 3 is 2.84 bits per heavy atom. The predicted molar refractivity (Wildman–Crippen MR) is 104 cm³/mol. The molecule has 0 radical (unpaired) electrons. The van der Waals surface area contributed by atoms with Gasteiger partial charge in [-0.3, -0.25) is 4.79 Å². The van der Waals surface area contributed by atoms with Crippen LogP contribution in [-0.2, 0) is 9.53 Å². The highest BCUT2D eigenvalue weighted by Crippen LogP contribution is 2.22. The van der Waals surface area contributed by atoms with E-state index in [4.69, 9.17) is 28.5 Å². The SMILES string of the molecule is COC(=O)CC(O)(C#N)CSCCCC/C=C\c1ccc(Cl)cc1Cl. The van der Waals surface area contributed by atoms with Crippen LogP contribution in [0.1, 0.15) is 31.2 Å². The van der Waals surface area contributed by atoms with Crippen molar-refractivity contribution in [3.63, 3.8) is 0 Å². The van der Waals surface area contributed by atoms with Crippen molar-refractivity contribution in [2.45, 2.75) is 31.3 Å². The van der Waals surface area contributed by atoms with E-state index in [0.29, 0.717) is 10.0 Å². The molecule has 25 heavy (non-hydrogen) atoms. The van der Waals surface area contributed by atoms with Gasteiger partial charge in [-0.1, -0.05) is 41.4 Å². The third-order valence-corrected chi connectivity index (χ3v) is 5.20. The highest BCUT2D eigenvalue weighted by molar-refractivity contribution is 7.99. The molecule has 0 fully saturated rings. The first-order valence-corrected chi connectivity index (χ1v) is 9.71. The number of hydrogen-bond acceptors (Lipinski definition) is 5. The minimum atomic E-state index is -1.66. The van der Waals surface area contributed by atoms with E-state index in [2.05, 4.69) is 10.8 Å². The first-order valence-electron chi connectivity index (χ1n) is 7.80. The number of thioether (sulfide) groups is 1. The summed E-state index contributed by atoms with van der Waals surface area (Å²) in [5.41, 5.74) is -0.731. The van der Waals surface area contributed by atoms with Crippen LogP contribution in [0.2, 0.25) is 10.0 Å². The largest absolute Gasteiger partial charge is 0.469 e. The van der Waals surface area contributed by atoms with E-state index in [-0.39, 0.29) is 12.2 Å². The molecule has 1 aromatic rings. The van der Waals surface area contributed by atoms with E-state index in [1.54, 1.807) is 18.2 Å². The van der Waals surface area contributed by atoms with Gasteiger partial charge in [-0.25, -0.2) is 0 Å². The molecule has 0 aliphatic carbocycles. The van der Waals surface area contributed by atoms with Crippen molar-refractivity contribution in [1.82, 2.24) is 0 Å². The molecule has 0 saturated carbocycles. The summed E-state index contributed by atoms with van der Waals surface area (Å²) >= 11 is 13.4. The molecule has 1 N–H and O–H groups in total. The van der Waals surface area contributed by atoms with Crippen molar-refractivity contribution >= 4 is 47.0 Å². The number of methoxy groups -OCH3 is 1. The second-order valence-electron chi connectivity index (χ2n) is 5.51. The molecule has 0 heterocycles. The summed E-state index contributed by atoms with van der Waals surface area (Å²) in [6.45, 7) is 0. The Kier molecular flexibility index (Phi) is 9.99. The van der Waals surface area contributed by atoms with Crippen molar-refractivity contribution in [2.75, 3.05) is 18.6 Å². The average molecular weight is 402 g/mol. The van der Waals surface area contributed by atoms with Crippen LogP contribution in [0.15, 0.2) is 24.3 Å². The average Bonchev–Trinajstić information content (AvgIpc) is 2.58. The van der Waals surface area contributed by atoms with Gasteiger partial charge in [-0.05, 0) is 42.7 Å². The van der Waals surface area contributed by atoms with Crippen LogP contribution in [0.5, 0.6) is 0 Å². The molecule has 0 spiro atoms. The number of nitriles is 1. The van der Waals surface area contributed by atoms with Crippen molar-refractivity contribution in [3.8, 4) is 6.07 Å². The highest BCUT2D eigenvalue weighted by atomic mass is 35.5. The third-order valence-electron chi connectivity index (χ3n) is 3.38. The molecule has 0 aliphatic heterocycles. The molecular weight excluding hydrogens is 381 g/mol. The Morgan fingerprint density at radius 1 is 1.44 bits per heavy atom. The highest BCUT2D eigenvalue weighted by Gasteiger charge is 2.30. The van der Waals surface area contributed by atoms with Crippen molar-refractivity contribution in [3.05, 3.63) is 39.9 Å². The van der Waals surface area contributed by atoms with Crippen LogP contribution >= 0.6 is 35.0 Å². The maximum absolute atomic E-state index is 11.2. The first kappa shape index (κ1) is 21.9. The van der Waals surface area contributed by atoms with Gasteiger partial charge in [0.15, 0.2) is 5.60 Å². The number of allylic oxidation sites excluding steroid dienone is 1. The number of aliphatic hydroxyl groups is 1. The predicted octanol–water partition coefficient (Wildman–Crippen LogP) is 4.73. The Balaban J connectivity index is 2.22. The van der Waals surface area contributed by atoms with Gasteiger partial charge in [0.25, 0.3) is 0 Å². The number of benzene rings is 1. The summed E-state index contributed by atoms with van der Waals surface area (Å²) in [7, 11) is 1.23. The van der Waals surface area contributed by atoms with E-state index in [1.165, 1.54) is 18.9 Å². The van der Waals surface area contributed by atoms with Gasteiger partial charge in [0.1, 0.15) is 0 Å². The topological polar surface area (TPSA) is 70.3 Å². The Bertz CT molecular complexity index is 646. The fraction of sp³-hybridized carbons (Fsp3) is 0.444. The van der Waals surface area contributed by atoms with Gasteiger partial charge in [0.2, 0.25) is 0 Å². The molecule has 0 aliphatic rings. The normalized spacial score (nSPS) is 13.4. The molecule has 7 heteroatoms. The van der Waals surface area contributed by atoms with E-state index in [1.807, 2.05) is 12.1 Å². The lowest BCUT2D eigenvalue weighted by Gasteiger charge is -2.18. The summed E-state index contributed by atoms with van der Waals surface area (Å²) in [6, 6.07) is 7.17. The van der Waals surface area contributed by atoms with E-state index < -0.39 is 11.6 Å². The molecule has 0 saturated heterocycles. The number of halogens is 2. The molecule has 0 aromatic heterocycles. The second-order valence-corrected chi connectivity index (χ2v) is 7.46. The molecule has 4 nitrogen and oxygen atoms in total. The monoisotopic (exact) mass is 401 g/mol. The summed E-state index contributed by atoms with van der Waals surface area (Å²) < 4.78 is 4.49. The fourth-order valence-corrected chi connectivity index (χ4v) is 3.52. The van der Waals surface area contributed by atoms with Gasteiger partial charge in [-0.2, -0.15) is 17.0 Å². The van der Waals surface area contributed by atoms with Crippen LogP contribution < -0.4 is 0 Å². The van der Waals surface area contributed by atoms with Crippen LogP contribution in [0.3, 0.4) is 0 Å². The summed E-state index contributed by atoms with van der Waals surface area (Å²) in [4.78, 5) is 11.2. The van der Waals surface area contributed by atoms with E-state index in [0.717, 1.165) is 30.6 Å². The minimum absolute atomic E-state index is 0.189. The number of nitrogens with zero attached hydrogens (tertiary/aromatic N) is 1. The number of carbonyl (C=O) groups excluding carboxylic acids is 1. The maximum atomic E-state index is 11.2. The number of ether oxygens (including phenoxy) is 1. The zero-order valence-corrected chi connectivity index (χ0v) is 16.3. The number of esters is 1. The summed E-state index contributed by atoms with van der Waals surface area (Å²) in [5, 5.41) is 20.3. The lowest BCUT2D eigenvalue weighted by Crippen LogP contribution is -2.33. The van der Waals surface area contributed by atoms with Gasteiger partial charge in [0.05, 0.1) is 19.6 Å². The number of hydrogen-bond donors (Lipinski definition) is 1. The smallest absolute Gasteiger partial charge is 0.309 e. The number of carbonyl (C=O) groups is 1. The quantitative estimate of drug-likeness (QED) is 0.348. The molecule has 1 unspecified atom stereocenters. The Morgan fingerprint density at radius 2 is 2.20 bits per heavy atom. The lowest BCUT2D eigenvalue weighted by atomic mass is 10.1. The Labute approximate surface area is 162 Å². The van der Waals surface area contributed by atoms with Crippen LogP contribution in [0.4, 0.5) is 0 Å². The van der Waals surface area contributed by atoms with Crippen LogP contribution in [0, 0.1) is 11.3 Å². The fourth-order valence-electron chi connectivity index (χ4n) is 1.99. The molecule has 0 amide bonds. The van der Waals surface area contributed by atoms with Gasteiger partial charge in [-0.15, -0.1) is 0 Å². The van der Waals surface area contributed by atoms with Crippen molar-refractivity contribution in [2.24, 2.45) is 0 Å². The molecule has 1 atom stereocenters. The molecule has 1 rings (SSSR count). The molecule has 1 aromatic carbocycles. The van der Waals surface area contributed by atoms with E-state index >= 15 is 0 Å². The van der Waals surface area contributed by atoms with Gasteiger partial charge in [0, 0.05) is 15.8 Å².